The number of benzene rings is 13. The first-order valence-electron chi connectivity index (χ1n) is 31.3. The summed E-state index contributed by atoms with van der Waals surface area (Å²) >= 11 is 0. The zero-order chi connectivity index (χ0) is 62.0. The van der Waals surface area contributed by atoms with Crippen molar-refractivity contribution < 1.29 is 0 Å². The van der Waals surface area contributed by atoms with Crippen LogP contribution in [0, 0.1) is 39.0 Å². The number of aryl methyl sites for hydroxylation is 4. The molecule has 0 aliphatic heterocycles. The minimum absolute atomic E-state index is 0.522. The molecule has 0 aliphatic rings. The van der Waals surface area contributed by atoms with Crippen molar-refractivity contribution in [2.45, 2.75) is 27.7 Å². The van der Waals surface area contributed by atoms with Crippen molar-refractivity contribution in [3.8, 4) is 118 Å². The summed E-state index contributed by atoms with van der Waals surface area (Å²) in [5.74, 6) is 1.65. The molecule has 3 heterocycles. The molecular weight excluding hydrogens is 1120 g/mol. The Kier molecular flexibility index (Phi) is 13.7. The highest BCUT2D eigenvalue weighted by Gasteiger charge is 2.25. The Bertz CT molecular complexity index is 5310. The van der Waals surface area contributed by atoms with Crippen molar-refractivity contribution in [2.24, 2.45) is 0 Å². The van der Waals surface area contributed by atoms with E-state index < -0.39 is 0 Å². The fraction of sp³-hybridized carbons (Fsp3) is 0.0465. The molecular formula is C86H60N6. The molecule has 13 aromatic carbocycles. The minimum atomic E-state index is 0.522. The van der Waals surface area contributed by atoms with E-state index in [9.17, 15) is 5.26 Å². The van der Waals surface area contributed by atoms with Crippen LogP contribution in [-0.4, -0.2) is 24.1 Å². The van der Waals surface area contributed by atoms with Crippen LogP contribution in [0.4, 0.5) is 0 Å². The number of hydrogen-bond acceptors (Lipinski definition) is 4. The van der Waals surface area contributed by atoms with Crippen LogP contribution in [0.5, 0.6) is 0 Å². The van der Waals surface area contributed by atoms with Crippen LogP contribution >= 0.6 is 0 Å². The highest BCUT2D eigenvalue weighted by atomic mass is 15.0. The first kappa shape index (κ1) is 55.3. The van der Waals surface area contributed by atoms with Gasteiger partial charge in [-0.3, -0.25) is 0 Å². The van der Waals surface area contributed by atoms with Gasteiger partial charge >= 0.3 is 0 Å². The second-order valence-electron chi connectivity index (χ2n) is 24.2. The number of rotatable bonds is 11. The fourth-order valence-electron chi connectivity index (χ4n) is 13.3. The zero-order valence-electron chi connectivity index (χ0n) is 51.4. The van der Waals surface area contributed by atoms with Crippen molar-refractivity contribution >= 4 is 43.6 Å². The fourth-order valence-corrected chi connectivity index (χ4v) is 13.3. The normalized spacial score (nSPS) is 11.5. The second kappa shape index (κ2) is 22.8. The maximum atomic E-state index is 10.8. The van der Waals surface area contributed by atoms with Gasteiger partial charge < -0.3 is 9.13 Å². The summed E-state index contributed by atoms with van der Waals surface area (Å²) in [7, 11) is 0. The Morgan fingerprint density at radius 3 is 1.05 bits per heavy atom. The molecule has 0 radical (unpaired) electrons. The molecule has 16 rings (SSSR count). The molecule has 3 aromatic heterocycles. The molecule has 0 unspecified atom stereocenters. The number of aromatic nitrogens is 5. The number of fused-ring (bicyclic) bond motifs is 6. The van der Waals surface area contributed by atoms with Gasteiger partial charge in [-0.15, -0.1) is 0 Å². The lowest BCUT2D eigenvalue weighted by molar-refractivity contribution is 1.07. The summed E-state index contributed by atoms with van der Waals surface area (Å²) < 4.78 is 4.86. The topological polar surface area (TPSA) is 72.3 Å². The van der Waals surface area contributed by atoms with Crippen LogP contribution in [0.1, 0.15) is 27.8 Å². The van der Waals surface area contributed by atoms with Crippen LogP contribution in [0.3, 0.4) is 0 Å². The highest BCUT2D eigenvalue weighted by Crippen LogP contribution is 2.46. The Balaban J connectivity index is 1.02. The molecule has 16 aromatic rings. The van der Waals surface area contributed by atoms with Crippen molar-refractivity contribution in [1.29, 1.82) is 5.26 Å². The van der Waals surface area contributed by atoms with Crippen molar-refractivity contribution in [1.82, 2.24) is 24.1 Å². The molecule has 0 saturated heterocycles. The molecule has 0 N–H and O–H groups in total. The van der Waals surface area contributed by atoms with Crippen LogP contribution < -0.4 is 0 Å². The monoisotopic (exact) mass is 1180 g/mol. The Hall–Kier alpha value is -12.0. The molecule has 434 valence electrons. The molecule has 6 heteroatoms. The predicted molar refractivity (Wildman–Crippen MR) is 381 cm³/mol. The summed E-state index contributed by atoms with van der Waals surface area (Å²) in [5, 5.41) is 15.3. The van der Waals surface area contributed by atoms with Crippen LogP contribution in [0.25, 0.3) is 156 Å². The Labute approximate surface area is 535 Å². The van der Waals surface area contributed by atoms with Gasteiger partial charge in [-0.1, -0.05) is 229 Å². The lowest BCUT2D eigenvalue weighted by Crippen LogP contribution is -2.04. The molecule has 0 saturated carbocycles. The second-order valence-corrected chi connectivity index (χ2v) is 24.2. The molecule has 0 amide bonds. The largest absolute Gasteiger partial charge is 0.309 e. The van der Waals surface area contributed by atoms with Crippen LogP contribution in [0.2, 0.25) is 0 Å². The lowest BCUT2D eigenvalue weighted by atomic mass is 9.91. The van der Waals surface area contributed by atoms with Gasteiger partial charge in [0.05, 0.1) is 39.4 Å². The quantitative estimate of drug-likeness (QED) is 0.129. The number of nitrogens with zero attached hydrogens (tertiary/aromatic N) is 6. The first-order chi connectivity index (χ1) is 45.2. The van der Waals surface area contributed by atoms with Crippen molar-refractivity contribution in [3.63, 3.8) is 0 Å². The van der Waals surface area contributed by atoms with Gasteiger partial charge in [0.1, 0.15) is 0 Å². The van der Waals surface area contributed by atoms with E-state index >= 15 is 0 Å². The first-order valence-corrected chi connectivity index (χ1v) is 31.3. The summed E-state index contributed by atoms with van der Waals surface area (Å²) in [6.07, 6.45) is 0. The average molecular weight is 1180 g/mol. The van der Waals surface area contributed by atoms with Gasteiger partial charge in [0.25, 0.3) is 0 Å². The van der Waals surface area contributed by atoms with Gasteiger partial charge in [0.15, 0.2) is 17.5 Å². The summed E-state index contributed by atoms with van der Waals surface area (Å²) in [6, 6.07) is 107. The zero-order valence-corrected chi connectivity index (χ0v) is 51.4. The van der Waals surface area contributed by atoms with E-state index in [1.54, 1.807) is 0 Å². The standard InChI is InChI=1S/C86H60N6/c1-54-19-27-58(28-20-54)64-35-42-79-75(47-64)76-48-65(59-29-21-55(2)22-30-59)36-43-80(76)91(79)70-40-41-72(86-89-84(62-13-7-5-8-14-62)88-85(90-86)63-15-9-6-10-16-63)73(52-70)74-51-68(71-18-12-11-17-69(71)53-87)39-46-81(74)92-82-44-37-66(60-31-23-56(3)24-32-60)49-77(82)78-50-67(38-45-83(78)92)61-33-25-57(4)26-34-61/h5-52H,1-4H3. The van der Waals surface area contributed by atoms with Gasteiger partial charge in [0.2, 0.25) is 0 Å². The smallest absolute Gasteiger partial charge is 0.164 e. The van der Waals surface area contributed by atoms with E-state index in [2.05, 4.69) is 273 Å². The Morgan fingerprint density at radius 1 is 0.261 bits per heavy atom. The third-order valence-corrected chi connectivity index (χ3v) is 18.2. The van der Waals surface area contributed by atoms with E-state index in [1.165, 1.54) is 22.3 Å². The maximum absolute atomic E-state index is 10.8. The molecule has 0 spiro atoms. The average Bonchev–Trinajstić information content (AvgIpc) is 1.53. The van der Waals surface area contributed by atoms with Crippen molar-refractivity contribution in [3.05, 3.63) is 319 Å². The van der Waals surface area contributed by atoms with Crippen LogP contribution in [0.15, 0.2) is 291 Å². The van der Waals surface area contributed by atoms with Gasteiger partial charge in [-0.2, -0.15) is 5.26 Å². The van der Waals surface area contributed by atoms with Gasteiger partial charge in [-0.05, 0) is 174 Å². The molecule has 0 atom stereocenters. The van der Waals surface area contributed by atoms with Crippen molar-refractivity contribution in [2.75, 3.05) is 0 Å². The molecule has 0 fully saturated rings. The summed E-state index contributed by atoms with van der Waals surface area (Å²) in [4.78, 5) is 16.1. The summed E-state index contributed by atoms with van der Waals surface area (Å²) in [6.45, 7) is 8.54. The van der Waals surface area contributed by atoms with Crippen LogP contribution in [-0.2, 0) is 0 Å². The molecule has 6 nitrogen and oxygen atoms in total. The SMILES string of the molecule is Cc1ccc(-c2ccc3c(c2)c2cc(-c4ccc(C)cc4)ccc2n3-c2ccc(-c3nc(-c4ccccc4)nc(-c4ccccc4)n3)c(-c3cc(-c4ccccc4C#N)ccc3-n3c4ccc(-c5ccc(C)cc5)cc4c4cc(-c5ccc(C)cc5)ccc43)c2)cc1. The van der Waals surface area contributed by atoms with E-state index in [1.807, 2.05) is 60.7 Å². The number of nitriles is 1. The van der Waals surface area contributed by atoms with E-state index in [0.717, 1.165) is 138 Å². The van der Waals surface area contributed by atoms with E-state index in [-0.39, 0.29) is 0 Å². The van der Waals surface area contributed by atoms with E-state index in [4.69, 9.17) is 15.0 Å². The maximum Gasteiger partial charge on any atom is 0.164 e. The predicted octanol–water partition coefficient (Wildman–Crippen LogP) is 22.2. The van der Waals surface area contributed by atoms with Gasteiger partial charge in [0, 0.05) is 49.5 Å². The minimum Gasteiger partial charge on any atom is -0.309 e. The lowest BCUT2D eigenvalue weighted by Gasteiger charge is -2.20. The molecule has 92 heavy (non-hydrogen) atoms. The highest BCUT2D eigenvalue weighted by molar-refractivity contribution is 6.14. The third-order valence-electron chi connectivity index (χ3n) is 18.2. The molecule has 0 aliphatic carbocycles. The summed E-state index contributed by atoms with van der Waals surface area (Å²) in [5.41, 5.74) is 26.9. The van der Waals surface area contributed by atoms with Gasteiger partial charge in [-0.25, -0.2) is 15.0 Å². The van der Waals surface area contributed by atoms with E-state index in [0.29, 0.717) is 23.0 Å². The number of hydrogen-bond donors (Lipinski definition) is 0. The Morgan fingerprint density at radius 2 is 0.630 bits per heavy atom. The molecule has 0 bridgehead atoms. The third kappa shape index (κ3) is 9.99.